The summed E-state index contributed by atoms with van der Waals surface area (Å²) in [5, 5.41) is 0. The Hall–Kier alpha value is -0.960. The first-order valence-electron chi connectivity index (χ1n) is 4.90. The Bertz CT molecular complexity index is 255. The van der Waals surface area contributed by atoms with Crippen molar-refractivity contribution in [2.45, 2.75) is 31.3 Å². The van der Waals surface area contributed by atoms with Crippen molar-refractivity contribution in [3.63, 3.8) is 0 Å². The first-order valence-corrected chi connectivity index (χ1v) is 4.90. The Morgan fingerprint density at radius 1 is 1.54 bits per heavy atom. The van der Waals surface area contributed by atoms with Crippen LogP contribution in [-0.2, 0) is 0 Å². The third-order valence-corrected chi connectivity index (χ3v) is 3.02. The van der Waals surface area contributed by atoms with Crippen LogP contribution in [0.4, 0.5) is 5.69 Å². The van der Waals surface area contributed by atoms with Gasteiger partial charge in [-0.3, -0.25) is 0 Å². The molecule has 1 aromatic rings. The SMILES string of the molecule is CN(c1cc[nH]c1)C1CCCC1N. The van der Waals surface area contributed by atoms with Crippen LogP contribution in [0.5, 0.6) is 0 Å². The summed E-state index contributed by atoms with van der Waals surface area (Å²) in [6, 6.07) is 2.96. The zero-order chi connectivity index (χ0) is 9.26. The van der Waals surface area contributed by atoms with E-state index in [1.54, 1.807) is 0 Å². The van der Waals surface area contributed by atoms with E-state index in [4.69, 9.17) is 5.73 Å². The maximum absolute atomic E-state index is 6.03. The summed E-state index contributed by atoms with van der Waals surface area (Å²) in [7, 11) is 2.12. The molecule has 0 bridgehead atoms. The molecule has 1 saturated carbocycles. The Morgan fingerprint density at radius 3 is 2.92 bits per heavy atom. The minimum absolute atomic E-state index is 0.347. The van der Waals surface area contributed by atoms with Crippen molar-refractivity contribution in [1.29, 1.82) is 0 Å². The first kappa shape index (κ1) is 8.63. The van der Waals surface area contributed by atoms with Gasteiger partial charge in [0.25, 0.3) is 0 Å². The largest absolute Gasteiger partial charge is 0.369 e. The zero-order valence-corrected chi connectivity index (χ0v) is 8.03. The van der Waals surface area contributed by atoms with E-state index >= 15 is 0 Å². The zero-order valence-electron chi connectivity index (χ0n) is 8.03. The highest BCUT2D eigenvalue weighted by Crippen LogP contribution is 2.25. The van der Waals surface area contributed by atoms with Crippen LogP contribution in [0.2, 0.25) is 0 Å². The molecule has 1 heterocycles. The van der Waals surface area contributed by atoms with Crippen LogP contribution >= 0.6 is 0 Å². The van der Waals surface area contributed by atoms with Crippen LogP contribution in [0.1, 0.15) is 19.3 Å². The third-order valence-electron chi connectivity index (χ3n) is 3.02. The van der Waals surface area contributed by atoms with E-state index in [0.29, 0.717) is 12.1 Å². The molecule has 1 aliphatic carbocycles. The minimum Gasteiger partial charge on any atom is -0.369 e. The van der Waals surface area contributed by atoms with E-state index in [1.807, 2.05) is 12.4 Å². The highest BCUT2D eigenvalue weighted by atomic mass is 15.2. The van der Waals surface area contributed by atoms with E-state index in [2.05, 4.69) is 23.0 Å². The Kier molecular flexibility index (Phi) is 2.27. The van der Waals surface area contributed by atoms with E-state index < -0.39 is 0 Å². The van der Waals surface area contributed by atoms with E-state index in [-0.39, 0.29) is 0 Å². The molecule has 3 heteroatoms. The molecule has 0 aliphatic heterocycles. The van der Waals surface area contributed by atoms with Gasteiger partial charge in [-0.15, -0.1) is 0 Å². The van der Waals surface area contributed by atoms with Crippen molar-refractivity contribution in [2.24, 2.45) is 5.73 Å². The lowest BCUT2D eigenvalue weighted by atomic mass is 10.1. The van der Waals surface area contributed by atoms with Crippen molar-refractivity contribution in [3.8, 4) is 0 Å². The topological polar surface area (TPSA) is 45.0 Å². The molecular weight excluding hydrogens is 162 g/mol. The molecule has 3 N–H and O–H groups in total. The van der Waals surface area contributed by atoms with Crippen molar-refractivity contribution in [1.82, 2.24) is 4.98 Å². The van der Waals surface area contributed by atoms with Gasteiger partial charge in [-0.1, -0.05) is 0 Å². The van der Waals surface area contributed by atoms with Crippen LogP contribution in [0.15, 0.2) is 18.5 Å². The Morgan fingerprint density at radius 2 is 2.38 bits per heavy atom. The highest BCUT2D eigenvalue weighted by Gasteiger charge is 2.27. The number of H-pyrrole nitrogens is 1. The Labute approximate surface area is 78.9 Å². The molecule has 72 valence electrons. The smallest absolute Gasteiger partial charge is 0.0544 e. The molecule has 2 atom stereocenters. The number of rotatable bonds is 2. The summed E-state index contributed by atoms with van der Waals surface area (Å²) in [5.41, 5.74) is 7.27. The second-order valence-corrected chi connectivity index (χ2v) is 3.84. The molecule has 1 aromatic heterocycles. The second kappa shape index (κ2) is 3.42. The van der Waals surface area contributed by atoms with E-state index in [0.717, 1.165) is 0 Å². The highest BCUT2D eigenvalue weighted by molar-refractivity contribution is 5.45. The number of anilines is 1. The number of aromatic amines is 1. The van der Waals surface area contributed by atoms with Crippen LogP contribution in [0.3, 0.4) is 0 Å². The molecule has 13 heavy (non-hydrogen) atoms. The molecule has 0 spiro atoms. The van der Waals surface area contributed by atoms with Gasteiger partial charge >= 0.3 is 0 Å². The number of nitrogens with zero attached hydrogens (tertiary/aromatic N) is 1. The summed E-state index contributed by atoms with van der Waals surface area (Å²) >= 11 is 0. The van der Waals surface area contributed by atoms with Gasteiger partial charge in [0.1, 0.15) is 0 Å². The van der Waals surface area contributed by atoms with Crippen LogP contribution in [0.25, 0.3) is 0 Å². The fraction of sp³-hybridized carbons (Fsp3) is 0.600. The lowest BCUT2D eigenvalue weighted by Gasteiger charge is -2.28. The quantitative estimate of drug-likeness (QED) is 0.719. The standard InChI is InChI=1S/C10H17N3/c1-13(8-5-6-12-7-8)10-4-2-3-9(10)11/h5-7,9-10,12H,2-4,11H2,1H3. The summed E-state index contributed by atoms with van der Waals surface area (Å²) < 4.78 is 0. The molecule has 0 radical (unpaired) electrons. The van der Waals surface area contributed by atoms with Gasteiger partial charge in [-0.05, 0) is 25.3 Å². The van der Waals surface area contributed by atoms with Crippen molar-refractivity contribution >= 4 is 5.69 Å². The Balaban J connectivity index is 2.08. The van der Waals surface area contributed by atoms with Crippen LogP contribution < -0.4 is 10.6 Å². The van der Waals surface area contributed by atoms with Crippen LogP contribution in [0, 0.1) is 0 Å². The maximum Gasteiger partial charge on any atom is 0.0544 e. The summed E-state index contributed by atoms with van der Waals surface area (Å²) in [5.74, 6) is 0. The van der Waals surface area contributed by atoms with Crippen molar-refractivity contribution in [3.05, 3.63) is 18.5 Å². The lowest BCUT2D eigenvalue weighted by molar-refractivity contribution is 0.573. The molecule has 2 unspecified atom stereocenters. The number of hydrogen-bond acceptors (Lipinski definition) is 2. The van der Waals surface area contributed by atoms with E-state index in [9.17, 15) is 0 Å². The maximum atomic E-state index is 6.03. The molecule has 2 rings (SSSR count). The number of aromatic nitrogens is 1. The third kappa shape index (κ3) is 1.56. The van der Waals surface area contributed by atoms with Gasteiger partial charge in [0.2, 0.25) is 0 Å². The average Bonchev–Trinajstić information content (AvgIpc) is 2.72. The monoisotopic (exact) mass is 179 g/mol. The molecule has 0 amide bonds. The lowest BCUT2D eigenvalue weighted by Crippen LogP contribution is -2.42. The predicted octanol–water partition coefficient (Wildman–Crippen LogP) is 1.33. The molecule has 0 aromatic carbocycles. The molecular formula is C10H17N3. The van der Waals surface area contributed by atoms with Crippen LogP contribution in [-0.4, -0.2) is 24.1 Å². The fourth-order valence-electron chi connectivity index (χ4n) is 2.18. The molecule has 3 nitrogen and oxygen atoms in total. The summed E-state index contributed by atoms with van der Waals surface area (Å²) in [6.45, 7) is 0. The number of nitrogens with two attached hydrogens (primary N) is 1. The fourth-order valence-corrected chi connectivity index (χ4v) is 2.18. The normalized spacial score (nSPS) is 27.8. The van der Waals surface area contributed by atoms with Gasteiger partial charge in [-0.25, -0.2) is 0 Å². The van der Waals surface area contributed by atoms with Gasteiger partial charge < -0.3 is 15.6 Å². The van der Waals surface area contributed by atoms with Gasteiger partial charge in [0, 0.05) is 31.5 Å². The molecule has 1 aliphatic rings. The molecule has 1 fully saturated rings. The number of likely N-dealkylation sites (N-methyl/N-ethyl adjacent to an activating group) is 1. The van der Waals surface area contributed by atoms with Gasteiger partial charge in [0.05, 0.1) is 5.69 Å². The molecule has 0 saturated heterocycles. The van der Waals surface area contributed by atoms with Crippen molar-refractivity contribution in [2.75, 3.05) is 11.9 Å². The van der Waals surface area contributed by atoms with Gasteiger partial charge in [-0.2, -0.15) is 0 Å². The minimum atomic E-state index is 0.347. The number of hydrogen-bond donors (Lipinski definition) is 2. The summed E-state index contributed by atoms with van der Waals surface area (Å²) in [6.07, 6.45) is 7.63. The van der Waals surface area contributed by atoms with E-state index in [1.165, 1.54) is 24.9 Å². The average molecular weight is 179 g/mol. The van der Waals surface area contributed by atoms with Crippen molar-refractivity contribution < 1.29 is 0 Å². The van der Waals surface area contributed by atoms with Gasteiger partial charge in [0.15, 0.2) is 0 Å². The number of nitrogens with one attached hydrogen (secondary N) is 1. The second-order valence-electron chi connectivity index (χ2n) is 3.84. The predicted molar refractivity (Wildman–Crippen MR) is 54.8 cm³/mol. The first-order chi connectivity index (χ1) is 6.29. The summed E-state index contributed by atoms with van der Waals surface area (Å²) in [4.78, 5) is 5.35.